The van der Waals surface area contributed by atoms with E-state index in [4.69, 9.17) is 22.1 Å². The highest BCUT2D eigenvalue weighted by Crippen LogP contribution is 2.30. The number of aromatic nitrogens is 1. The van der Waals surface area contributed by atoms with Crippen LogP contribution in [0.5, 0.6) is 5.75 Å². The Labute approximate surface area is 116 Å². The van der Waals surface area contributed by atoms with Gasteiger partial charge in [-0.25, -0.2) is 4.98 Å². The molecule has 1 aromatic carbocycles. The van der Waals surface area contributed by atoms with E-state index in [1.807, 2.05) is 23.6 Å². The number of thiazole rings is 1. The Morgan fingerprint density at radius 1 is 1.44 bits per heavy atom. The number of nitrogen functional groups attached to an aromatic ring is 1. The molecule has 0 fully saturated rings. The van der Waals surface area contributed by atoms with E-state index in [1.54, 1.807) is 0 Å². The first kappa shape index (κ1) is 13.2. The summed E-state index contributed by atoms with van der Waals surface area (Å²) in [6.45, 7) is 2.83. The molecule has 0 bridgehead atoms. The first-order valence-corrected chi connectivity index (χ1v) is 7.15. The Bertz CT molecular complexity index is 527. The van der Waals surface area contributed by atoms with Crippen LogP contribution in [0.1, 0.15) is 19.8 Å². The van der Waals surface area contributed by atoms with E-state index in [9.17, 15) is 0 Å². The van der Waals surface area contributed by atoms with Gasteiger partial charge in [-0.2, -0.15) is 0 Å². The lowest BCUT2D eigenvalue weighted by Gasteiger charge is -2.07. The zero-order valence-corrected chi connectivity index (χ0v) is 11.8. The predicted octanol–water partition coefficient (Wildman–Crippen LogP) is 3.64. The van der Waals surface area contributed by atoms with E-state index in [0.717, 1.165) is 29.8 Å². The van der Waals surface area contributed by atoms with Crippen LogP contribution in [0.15, 0.2) is 23.6 Å². The van der Waals surface area contributed by atoms with Gasteiger partial charge in [-0.1, -0.05) is 36.3 Å². The van der Waals surface area contributed by atoms with E-state index >= 15 is 0 Å². The van der Waals surface area contributed by atoms with Crippen molar-refractivity contribution in [2.24, 2.45) is 0 Å². The number of H-pyrrole nitrogens is 1. The number of aromatic amines is 1. The van der Waals surface area contributed by atoms with Crippen LogP contribution < -0.4 is 15.5 Å². The average Bonchev–Trinajstić information content (AvgIpc) is 2.78. The van der Waals surface area contributed by atoms with Crippen LogP contribution in [-0.4, -0.2) is 6.61 Å². The molecular weight excluding hydrogens is 268 g/mol. The molecule has 0 amide bonds. The zero-order valence-electron chi connectivity index (χ0n) is 10.2. The van der Waals surface area contributed by atoms with Crippen molar-refractivity contribution in [1.82, 2.24) is 0 Å². The molecule has 2 aromatic rings. The number of hydrogen-bond acceptors (Lipinski definition) is 3. The summed E-state index contributed by atoms with van der Waals surface area (Å²) >= 11 is 7.67. The molecule has 0 unspecified atom stereocenters. The van der Waals surface area contributed by atoms with Crippen molar-refractivity contribution in [2.45, 2.75) is 19.8 Å². The number of benzene rings is 1. The second kappa shape index (κ2) is 6.07. The van der Waals surface area contributed by atoms with Crippen LogP contribution in [0.3, 0.4) is 0 Å². The minimum atomic E-state index is 0.627. The maximum atomic E-state index is 6.20. The molecule has 0 radical (unpaired) electrons. The third-order valence-corrected chi connectivity index (χ3v) is 3.56. The lowest BCUT2D eigenvalue weighted by Crippen LogP contribution is -2.06. The van der Waals surface area contributed by atoms with Crippen molar-refractivity contribution in [3.63, 3.8) is 0 Å². The largest absolute Gasteiger partial charge is 0.492 e. The van der Waals surface area contributed by atoms with Gasteiger partial charge in [0.1, 0.15) is 11.4 Å². The van der Waals surface area contributed by atoms with Crippen molar-refractivity contribution in [2.75, 3.05) is 12.3 Å². The van der Waals surface area contributed by atoms with Gasteiger partial charge in [0.2, 0.25) is 0 Å². The van der Waals surface area contributed by atoms with E-state index in [1.165, 1.54) is 11.3 Å². The Balaban J connectivity index is 2.14. The highest BCUT2D eigenvalue weighted by molar-refractivity contribution is 7.13. The lowest BCUT2D eigenvalue weighted by atomic mass is 10.2. The topological polar surface area (TPSA) is 49.4 Å². The van der Waals surface area contributed by atoms with E-state index in [-0.39, 0.29) is 0 Å². The summed E-state index contributed by atoms with van der Waals surface area (Å²) in [5.74, 6) is 0.733. The first-order valence-electron chi connectivity index (χ1n) is 5.89. The van der Waals surface area contributed by atoms with Crippen molar-refractivity contribution in [1.29, 1.82) is 0 Å². The van der Waals surface area contributed by atoms with Gasteiger partial charge in [0.15, 0.2) is 0 Å². The number of anilines is 1. The molecule has 0 spiro atoms. The zero-order chi connectivity index (χ0) is 13.0. The van der Waals surface area contributed by atoms with Gasteiger partial charge in [0.05, 0.1) is 11.6 Å². The SMILES string of the molecule is CCCCOc1ccc(-c2csc(N)[nH+]2)cc1Cl. The average molecular weight is 284 g/mol. The molecule has 0 aliphatic carbocycles. The Morgan fingerprint density at radius 3 is 2.89 bits per heavy atom. The summed E-state index contributed by atoms with van der Waals surface area (Å²) in [5.41, 5.74) is 7.65. The number of hydrogen-bond donors (Lipinski definition) is 1. The van der Waals surface area contributed by atoms with Crippen molar-refractivity contribution < 1.29 is 9.72 Å². The van der Waals surface area contributed by atoms with Gasteiger partial charge in [-0.05, 0) is 24.6 Å². The molecule has 5 heteroatoms. The van der Waals surface area contributed by atoms with Crippen LogP contribution in [-0.2, 0) is 0 Å². The fraction of sp³-hybridized carbons (Fsp3) is 0.308. The molecule has 18 heavy (non-hydrogen) atoms. The predicted molar refractivity (Wildman–Crippen MR) is 76.1 cm³/mol. The van der Waals surface area contributed by atoms with E-state index in [2.05, 4.69) is 11.9 Å². The molecule has 0 aliphatic rings. The number of nitrogens with two attached hydrogens (primary N) is 1. The molecule has 2 rings (SSSR count). The van der Waals surface area contributed by atoms with Gasteiger partial charge < -0.3 is 4.74 Å². The number of ether oxygens (including phenoxy) is 1. The number of rotatable bonds is 5. The lowest BCUT2D eigenvalue weighted by molar-refractivity contribution is -0.340. The number of halogens is 1. The minimum absolute atomic E-state index is 0.627. The van der Waals surface area contributed by atoms with Gasteiger partial charge in [0, 0.05) is 10.9 Å². The van der Waals surface area contributed by atoms with Gasteiger partial charge >= 0.3 is 5.13 Å². The first-order chi connectivity index (χ1) is 8.70. The van der Waals surface area contributed by atoms with Crippen molar-refractivity contribution in [3.8, 4) is 17.0 Å². The Morgan fingerprint density at radius 2 is 2.28 bits per heavy atom. The normalized spacial score (nSPS) is 10.6. The summed E-state index contributed by atoms with van der Waals surface area (Å²) in [6, 6.07) is 5.76. The Kier molecular flexibility index (Phi) is 4.44. The summed E-state index contributed by atoms with van der Waals surface area (Å²) in [6.07, 6.45) is 2.14. The molecule has 0 aliphatic heterocycles. The maximum Gasteiger partial charge on any atom is 0.329 e. The molecule has 96 valence electrons. The quantitative estimate of drug-likeness (QED) is 0.852. The molecule has 0 saturated heterocycles. The highest BCUT2D eigenvalue weighted by atomic mass is 35.5. The van der Waals surface area contributed by atoms with Crippen LogP contribution in [0, 0.1) is 0 Å². The minimum Gasteiger partial charge on any atom is -0.492 e. The van der Waals surface area contributed by atoms with Crippen LogP contribution in [0.4, 0.5) is 5.13 Å². The van der Waals surface area contributed by atoms with E-state index in [0.29, 0.717) is 16.8 Å². The standard InChI is InChI=1S/C13H15ClN2OS/c1-2-3-6-17-12-5-4-9(7-10(12)14)11-8-18-13(15)16-11/h4-5,7-8H,2-3,6H2,1H3,(H2,15,16)/p+1. The molecule has 3 N–H and O–H groups in total. The summed E-state index contributed by atoms with van der Waals surface area (Å²) in [7, 11) is 0. The van der Waals surface area contributed by atoms with Crippen molar-refractivity contribution >= 4 is 28.1 Å². The monoisotopic (exact) mass is 283 g/mol. The summed E-state index contributed by atoms with van der Waals surface area (Å²) in [5, 5.41) is 3.28. The molecule has 3 nitrogen and oxygen atoms in total. The number of nitrogens with one attached hydrogen (secondary N) is 1. The molecule has 1 heterocycles. The summed E-state index contributed by atoms with van der Waals surface area (Å²) < 4.78 is 5.61. The van der Waals surface area contributed by atoms with E-state index < -0.39 is 0 Å². The van der Waals surface area contributed by atoms with Gasteiger partial charge in [-0.15, -0.1) is 0 Å². The van der Waals surface area contributed by atoms with Crippen molar-refractivity contribution in [3.05, 3.63) is 28.6 Å². The summed E-state index contributed by atoms with van der Waals surface area (Å²) in [4.78, 5) is 3.09. The van der Waals surface area contributed by atoms with Crippen LogP contribution in [0.2, 0.25) is 5.02 Å². The Hall–Kier alpha value is -1.26. The third kappa shape index (κ3) is 3.15. The third-order valence-electron chi connectivity index (χ3n) is 2.56. The molecular formula is C13H16ClN2OS+. The highest BCUT2D eigenvalue weighted by Gasteiger charge is 2.09. The van der Waals surface area contributed by atoms with Crippen LogP contribution in [0.25, 0.3) is 11.3 Å². The number of unbranched alkanes of at least 4 members (excludes halogenated alkanes) is 1. The smallest absolute Gasteiger partial charge is 0.329 e. The second-order valence-electron chi connectivity index (χ2n) is 3.99. The molecule has 0 atom stereocenters. The fourth-order valence-electron chi connectivity index (χ4n) is 1.57. The van der Waals surface area contributed by atoms with Gasteiger partial charge in [0.25, 0.3) is 0 Å². The molecule has 0 saturated carbocycles. The van der Waals surface area contributed by atoms with Gasteiger partial charge in [-0.3, -0.25) is 5.73 Å². The van der Waals surface area contributed by atoms with Crippen LogP contribution >= 0.6 is 22.9 Å². The maximum absolute atomic E-state index is 6.20. The second-order valence-corrected chi connectivity index (χ2v) is 5.30. The fourth-order valence-corrected chi connectivity index (χ4v) is 2.41. The molecule has 1 aromatic heterocycles.